The molecule has 2 aromatic heterocycles. The summed E-state index contributed by atoms with van der Waals surface area (Å²) in [6, 6.07) is 25.4. The Kier molecular flexibility index (Phi) is 8.01. The largest absolute Gasteiger partial charge is 2.00 e. The Morgan fingerprint density at radius 3 is 2.00 bits per heavy atom. The first kappa shape index (κ1) is 20.4. The van der Waals surface area contributed by atoms with E-state index in [1.807, 2.05) is 54.6 Å². The van der Waals surface area contributed by atoms with E-state index in [2.05, 4.69) is 28.2 Å². The molecular weight excluding hydrogens is 604 g/mol. The summed E-state index contributed by atoms with van der Waals surface area (Å²) in [5.74, 6) is 0. The molecule has 2 nitrogen and oxygen atoms in total. The van der Waals surface area contributed by atoms with E-state index in [0.717, 1.165) is 33.2 Å². The van der Waals surface area contributed by atoms with Crippen LogP contribution in [0.15, 0.2) is 66.7 Å². The van der Waals surface area contributed by atoms with Crippen molar-refractivity contribution in [2.75, 3.05) is 0 Å². The fourth-order valence-corrected chi connectivity index (χ4v) is 2.34. The first-order chi connectivity index (χ1) is 9.90. The van der Waals surface area contributed by atoms with E-state index in [4.69, 9.17) is 0 Å². The second-order valence-electron chi connectivity index (χ2n) is 4.70. The van der Waals surface area contributed by atoms with E-state index < -0.39 is 0 Å². The van der Waals surface area contributed by atoms with Crippen molar-refractivity contribution in [3.05, 3.63) is 72.8 Å². The van der Waals surface area contributed by atoms with Gasteiger partial charge in [-0.3, -0.25) is 4.98 Å². The fraction of sp³-hybridized carbons (Fsp3) is 0. The van der Waals surface area contributed by atoms with Crippen LogP contribution in [-0.4, -0.2) is 9.97 Å². The maximum atomic E-state index is 4.66. The molecular formula is C18H11I2N2Pd-. The van der Waals surface area contributed by atoms with E-state index in [-0.39, 0.29) is 68.4 Å². The van der Waals surface area contributed by atoms with E-state index >= 15 is 0 Å². The van der Waals surface area contributed by atoms with E-state index in [1.54, 1.807) is 0 Å². The number of hydrogen-bond donors (Lipinski definition) is 0. The van der Waals surface area contributed by atoms with Gasteiger partial charge in [0.25, 0.3) is 0 Å². The average Bonchev–Trinajstić information content (AvgIpc) is 2.54. The van der Waals surface area contributed by atoms with E-state index in [9.17, 15) is 0 Å². The summed E-state index contributed by atoms with van der Waals surface area (Å²) in [5, 5.41) is 2.23. The summed E-state index contributed by atoms with van der Waals surface area (Å²) in [7, 11) is 0. The Bertz CT molecular complexity index is 851. The van der Waals surface area contributed by atoms with Gasteiger partial charge in [0.05, 0.1) is 5.52 Å². The number of aromatic nitrogens is 2. The molecule has 0 radical (unpaired) electrons. The summed E-state index contributed by atoms with van der Waals surface area (Å²) >= 11 is 0. The molecule has 0 saturated carbocycles. The minimum atomic E-state index is 0. The zero-order valence-electron chi connectivity index (χ0n) is 11.8. The second-order valence-corrected chi connectivity index (χ2v) is 4.70. The van der Waals surface area contributed by atoms with Crippen molar-refractivity contribution in [3.8, 4) is 11.4 Å². The third-order valence-electron chi connectivity index (χ3n) is 3.37. The van der Waals surface area contributed by atoms with Gasteiger partial charge in [0.15, 0.2) is 0 Å². The zero-order valence-corrected chi connectivity index (χ0v) is 17.7. The molecule has 0 saturated heterocycles. The minimum Gasteiger partial charge on any atom is -1.00 e. The molecule has 23 heavy (non-hydrogen) atoms. The molecule has 0 aliphatic rings. The van der Waals surface area contributed by atoms with Crippen molar-refractivity contribution in [2.24, 2.45) is 0 Å². The maximum Gasteiger partial charge on any atom is 2.00 e. The number of hydrogen-bond acceptors (Lipinski definition) is 2. The Morgan fingerprint density at radius 1 is 0.652 bits per heavy atom. The van der Waals surface area contributed by atoms with Crippen LogP contribution in [-0.2, 0) is 20.4 Å². The van der Waals surface area contributed by atoms with Gasteiger partial charge in [-0.1, -0.05) is 47.9 Å². The molecule has 2 heterocycles. The van der Waals surface area contributed by atoms with Crippen molar-refractivity contribution >= 4 is 21.8 Å². The number of para-hydroxylation sites is 2. The van der Waals surface area contributed by atoms with Crippen molar-refractivity contribution in [2.45, 2.75) is 0 Å². The average molecular weight is 616 g/mol. The molecule has 4 aromatic rings. The van der Waals surface area contributed by atoms with Crippen LogP contribution in [0.5, 0.6) is 0 Å². The summed E-state index contributed by atoms with van der Waals surface area (Å²) < 4.78 is 0. The number of halogens is 2. The van der Waals surface area contributed by atoms with Gasteiger partial charge in [-0.15, -0.1) is 6.07 Å². The van der Waals surface area contributed by atoms with Gasteiger partial charge < -0.3 is 52.9 Å². The molecule has 0 bridgehead atoms. The Balaban J connectivity index is 0.000000882. The Hall–Kier alpha value is -0.618. The van der Waals surface area contributed by atoms with Crippen molar-refractivity contribution in [3.63, 3.8) is 0 Å². The summed E-state index contributed by atoms with van der Waals surface area (Å²) in [6.45, 7) is 0. The molecule has 0 atom stereocenters. The van der Waals surface area contributed by atoms with Crippen LogP contribution in [0.3, 0.4) is 0 Å². The van der Waals surface area contributed by atoms with Crippen LogP contribution in [0.4, 0.5) is 0 Å². The smallest absolute Gasteiger partial charge is 1.00 e. The molecule has 0 unspecified atom stereocenters. The summed E-state index contributed by atoms with van der Waals surface area (Å²) in [5.41, 5.74) is 3.59. The third kappa shape index (κ3) is 4.27. The van der Waals surface area contributed by atoms with Crippen molar-refractivity contribution in [1.82, 2.24) is 9.97 Å². The first-order valence-corrected chi connectivity index (χ1v) is 6.54. The normalized spacial score (nSPS) is 9.57. The zero-order chi connectivity index (χ0) is 13.4. The van der Waals surface area contributed by atoms with Crippen molar-refractivity contribution < 1.29 is 68.4 Å². The summed E-state index contributed by atoms with van der Waals surface area (Å²) in [4.78, 5) is 9.29. The number of rotatable bonds is 1. The molecule has 4 rings (SSSR count). The van der Waals surface area contributed by atoms with Crippen LogP contribution in [0.25, 0.3) is 33.2 Å². The third-order valence-corrected chi connectivity index (χ3v) is 3.37. The van der Waals surface area contributed by atoms with Gasteiger partial charge >= 0.3 is 20.4 Å². The predicted molar refractivity (Wildman–Crippen MR) is 81.3 cm³/mol. The number of pyridine rings is 2. The minimum absolute atomic E-state index is 0. The topological polar surface area (TPSA) is 25.8 Å². The van der Waals surface area contributed by atoms with E-state index in [0.29, 0.717) is 0 Å². The van der Waals surface area contributed by atoms with Gasteiger partial charge in [-0.05, 0) is 28.9 Å². The van der Waals surface area contributed by atoms with Crippen molar-refractivity contribution in [1.29, 1.82) is 0 Å². The summed E-state index contributed by atoms with van der Waals surface area (Å²) in [6.07, 6.45) is 0. The van der Waals surface area contributed by atoms with E-state index in [1.165, 1.54) is 0 Å². The van der Waals surface area contributed by atoms with Gasteiger partial charge in [0.1, 0.15) is 0 Å². The first-order valence-electron chi connectivity index (χ1n) is 6.54. The molecule has 0 fully saturated rings. The van der Waals surface area contributed by atoms with Gasteiger partial charge in [0.2, 0.25) is 0 Å². The molecule has 5 heteroatoms. The molecule has 118 valence electrons. The standard InChI is InChI=1S/C18H11N2.2HI.Pd/c1-3-7-15-13(5-1)9-11-17(19-15)18-12-10-14-6-2-4-8-16(14)20-18;;;/h1-11H;2*1H;/q-1;;;+2/p-2. The number of fused-ring (bicyclic) bond motifs is 2. The van der Waals surface area contributed by atoms with Crippen LogP contribution in [0.2, 0.25) is 0 Å². The van der Waals surface area contributed by atoms with Crippen LogP contribution >= 0.6 is 0 Å². The van der Waals surface area contributed by atoms with Gasteiger partial charge in [-0.25, -0.2) is 0 Å². The number of nitrogens with zero attached hydrogens (tertiary/aromatic N) is 2. The molecule has 0 amide bonds. The molecule has 0 N–H and O–H groups in total. The maximum absolute atomic E-state index is 4.66. The van der Waals surface area contributed by atoms with Gasteiger partial charge in [0, 0.05) is 5.52 Å². The van der Waals surface area contributed by atoms with Crippen LogP contribution < -0.4 is 48.0 Å². The SMILES string of the molecule is [I-].[I-].[Pd+2].[c-]1cc2ccccc2nc1-c1ccc2ccccc2n1. The second kappa shape index (κ2) is 9.02. The Labute approximate surface area is 182 Å². The predicted octanol–water partition coefficient (Wildman–Crippen LogP) is -1.74. The quantitative estimate of drug-likeness (QED) is 0.145. The molecule has 0 spiro atoms. The number of benzene rings is 2. The molecule has 0 aliphatic heterocycles. The molecule has 2 aromatic carbocycles. The monoisotopic (exact) mass is 615 g/mol. The van der Waals surface area contributed by atoms with Gasteiger partial charge in [-0.2, -0.15) is 12.1 Å². The molecule has 0 aliphatic carbocycles. The fourth-order valence-electron chi connectivity index (χ4n) is 2.34. The van der Waals surface area contributed by atoms with Crippen LogP contribution in [0.1, 0.15) is 0 Å². The van der Waals surface area contributed by atoms with Crippen LogP contribution in [0, 0.1) is 6.07 Å². The Morgan fingerprint density at radius 2 is 1.26 bits per heavy atom.